The molecule has 4 aromatic rings. The van der Waals surface area contributed by atoms with Gasteiger partial charge in [-0.2, -0.15) is 18.3 Å². The minimum Gasteiger partial charge on any atom is -0.493 e. The Labute approximate surface area is 272 Å². The van der Waals surface area contributed by atoms with E-state index in [-0.39, 0.29) is 17.0 Å². The molecule has 1 aliphatic rings. The lowest BCUT2D eigenvalue weighted by Gasteiger charge is -2.26. The van der Waals surface area contributed by atoms with E-state index in [2.05, 4.69) is 25.7 Å². The van der Waals surface area contributed by atoms with E-state index in [0.29, 0.717) is 40.8 Å². The molecule has 2 N–H and O–H groups in total. The number of amides is 2. The molecule has 0 aliphatic carbocycles. The molecule has 0 unspecified atom stereocenters. The standard InChI is InChI=1S/C32H30ClF4N5O5/c1-44-29-17-22-26(18-30(29)46-12-2-9-42-10-13-45-14-11-42)38-8-7-27(22)47-28-6-3-20(15-25(28)34)19-39-41-31(43)40-21-4-5-24(33)23(16-21)32(35,36)37/h3-8,15-19H,2,9-14H2,1H3,(H2,40,41,43)/b39-19+. The van der Waals surface area contributed by atoms with Gasteiger partial charge < -0.3 is 24.3 Å². The van der Waals surface area contributed by atoms with Crippen molar-refractivity contribution in [2.24, 2.45) is 5.10 Å². The van der Waals surface area contributed by atoms with E-state index in [1.165, 1.54) is 31.5 Å². The van der Waals surface area contributed by atoms with E-state index in [1.807, 2.05) is 0 Å². The maximum absolute atomic E-state index is 15.0. The van der Waals surface area contributed by atoms with Crippen molar-refractivity contribution in [2.75, 3.05) is 51.9 Å². The van der Waals surface area contributed by atoms with Gasteiger partial charge in [-0.3, -0.25) is 9.88 Å². The molecule has 2 amide bonds. The normalized spacial score (nSPS) is 13.9. The molecule has 1 aromatic heterocycles. The lowest BCUT2D eigenvalue weighted by Crippen LogP contribution is -2.37. The molecule has 15 heteroatoms. The molecule has 0 bridgehead atoms. The molecule has 0 atom stereocenters. The zero-order chi connectivity index (χ0) is 33.4. The quantitative estimate of drug-likeness (QED) is 0.0756. The minimum absolute atomic E-state index is 0.0778. The summed E-state index contributed by atoms with van der Waals surface area (Å²) in [6.45, 7) is 4.68. The molecular formula is C32H30ClF4N5O5. The van der Waals surface area contributed by atoms with Crippen LogP contribution in [0.3, 0.4) is 0 Å². The van der Waals surface area contributed by atoms with E-state index < -0.39 is 28.6 Å². The highest BCUT2D eigenvalue weighted by molar-refractivity contribution is 6.31. The number of ether oxygens (including phenoxy) is 4. The minimum atomic E-state index is -4.69. The van der Waals surface area contributed by atoms with Gasteiger partial charge in [-0.1, -0.05) is 11.6 Å². The first-order valence-corrected chi connectivity index (χ1v) is 14.8. The van der Waals surface area contributed by atoms with Gasteiger partial charge in [-0.05, 0) is 60.5 Å². The number of carbonyl (C=O) groups is 1. The number of rotatable bonds is 11. The fraction of sp³-hybridized carbons (Fsp3) is 0.281. The van der Waals surface area contributed by atoms with E-state index in [1.54, 1.807) is 18.2 Å². The van der Waals surface area contributed by atoms with Gasteiger partial charge in [0.25, 0.3) is 0 Å². The molecule has 47 heavy (non-hydrogen) atoms. The molecule has 0 saturated carbocycles. The Hall–Kier alpha value is -4.66. The summed E-state index contributed by atoms with van der Waals surface area (Å²) in [4.78, 5) is 18.8. The van der Waals surface area contributed by atoms with Crippen molar-refractivity contribution in [2.45, 2.75) is 12.6 Å². The molecule has 248 valence electrons. The second-order valence-electron chi connectivity index (χ2n) is 10.3. The van der Waals surface area contributed by atoms with E-state index in [9.17, 15) is 18.0 Å². The molecule has 1 aliphatic heterocycles. The third kappa shape index (κ3) is 8.99. The zero-order valence-electron chi connectivity index (χ0n) is 25.1. The second-order valence-corrected chi connectivity index (χ2v) is 10.7. The number of benzene rings is 3. The Morgan fingerprint density at radius 1 is 1.06 bits per heavy atom. The third-order valence-corrected chi connectivity index (χ3v) is 7.38. The number of hydrogen-bond donors (Lipinski definition) is 2. The monoisotopic (exact) mass is 675 g/mol. The SMILES string of the molecule is COc1cc2c(Oc3ccc(/C=N/NC(=O)Nc4ccc(Cl)c(C(F)(F)F)c4)cc3F)ccnc2cc1OCCCN1CCOCC1. The number of pyridine rings is 1. The largest absolute Gasteiger partial charge is 0.493 e. The molecular weight excluding hydrogens is 646 g/mol. The average Bonchev–Trinajstić information content (AvgIpc) is 3.05. The van der Waals surface area contributed by atoms with Gasteiger partial charge in [0.1, 0.15) is 5.75 Å². The smallest absolute Gasteiger partial charge is 0.417 e. The van der Waals surface area contributed by atoms with Gasteiger partial charge in [0, 0.05) is 43.0 Å². The van der Waals surface area contributed by atoms with Crippen molar-refractivity contribution in [1.29, 1.82) is 0 Å². The van der Waals surface area contributed by atoms with Crippen molar-refractivity contribution in [3.8, 4) is 23.0 Å². The Balaban J connectivity index is 1.20. The number of nitrogens with one attached hydrogen (secondary N) is 2. The summed E-state index contributed by atoms with van der Waals surface area (Å²) in [5.74, 6) is 0.550. The maximum atomic E-state index is 15.0. The first-order valence-electron chi connectivity index (χ1n) is 14.4. The highest BCUT2D eigenvalue weighted by atomic mass is 35.5. The zero-order valence-corrected chi connectivity index (χ0v) is 25.8. The number of nitrogens with zero attached hydrogens (tertiary/aromatic N) is 3. The number of carbonyl (C=O) groups excluding carboxylic acids is 1. The van der Waals surface area contributed by atoms with Crippen molar-refractivity contribution in [3.63, 3.8) is 0 Å². The Kier molecular flexibility index (Phi) is 11.0. The van der Waals surface area contributed by atoms with Crippen LogP contribution >= 0.6 is 11.6 Å². The van der Waals surface area contributed by atoms with Crippen LogP contribution in [0.25, 0.3) is 10.9 Å². The first kappa shape index (κ1) is 33.7. The summed E-state index contributed by atoms with van der Waals surface area (Å²) in [5, 5.41) is 6.01. The molecule has 1 fully saturated rings. The molecule has 3 aromatic carbocycles. The Morgan fingerprint density at radius 3 is 2.62 bits per heavy atom. The van der Waals surface area contributed by atoms with Crippen LogP contribution < -0.4 is 25.0 Å². The van der Waals surface area contributed by atoms with Crippen molar-refractivity contribution < 1.29 is 41.3 Å². The molecule has 0 spiro atoms. The Morgan fingerprint density at radius 2 is 1.87 bits per heavy atom. The summed E-state index contributed by atoms with van der Waals surface area (Å²) >= 11 is 5.59. The lowest BCUT2D eigenvalue weighted by molar-refractivity contribution is -0.137. The number of alkyl halides is 3. The number of halogens is 5. The van der Waals surface area contributed by atoms with E-state index in [4.69, 9.17) is 30.5 Å². The van der Waals surface area contributed by atoms with Gasteiger partial charge in [0.15, 0.2) is 23.1 Å². The van der Waals surface area contributed by atoms with Gasteiger partial charge in [0.05, 0.1) is 49.2 Å². The Bertz CT molecular complexity index is 1750. The van der Waals surface area contributed by atoms with Crippen molar-refractivity contribution >= 4 is 40.4 Å². The molecule has 10 nitrogen and oxygen atoms in total. The van der Waals surface area contributed by atoms with Crippen molar-refractivity contribution in [3.05, 3.63) is 82.8 Å². The maximum Gasteiger partial charge on any atom is 0.417 e. The summed E-state index contributed by atoms with van der Waals surface area (Å²) in [5.41, 5.74) is 1.70. The fourth-order valence-electron chi connectivity index (χ4n) is 4.73. The molecule has 0 radical (unpaired) electrons. The summed E-state index contributed by atoms with van der Waals surface area (Å²) in [6.07, 6.45) is -1.17. The predicted octanol–water partition coefficient (Wildman–Crippen LogP) is 7.10. The highest BCUT2D eigenvalue weighted by Gasteiger charge is 2.33. The topological polar surface area (TPSA) is 107 Å². The molecule has 2 heterocycles. The number of methoxy groups -OCH3 is 1. The number of urea groups is 1. The van der Waals surface area contributed by atoms with Crippen LogP contribution in [0.1, 0.15) is 17.5 Å². The van der Waals surface area contributed by atoms with Crippen LogP contribution in [0, 0.1) is 5.82 Å². The third-order valence-electron chi connectivity index (χ3n) is 7.05. The lowest BCUT2D eigenvalue weighted by atomic mass is 10.1. The predicted molar refractivity (Wildman–Crippen MR) is 168 cm³/mol. The number of morpholine rings is 1. The second kappa shape index (κ2) is 15.3. The van der Waals surface area contributed by atoms with Crippen LogP contribution in [0.5, 0.6) is 23.0 Å². The first-order chi connectivity index (χ1) is 22.6. The number of aromatic nitrogens is 1. The summed E-state index contributed by atoms with van der Waals surface area (Å²) < 4.78 is 77.0. The number of hydrogen-bond acceptors (Lipinski definition) is 8. The fourth-order valence-corrected chi connectivity index (χ4v) is 4.95. The van der Waals surface area contributed by atoms with Gasteiger partial charge in [-0.25, -0.2) is 14.6 Å². The number of anilines is 1. The van der Waals surface area contributed by atoms with Gasteiger partial charge in [0.2, 0.25) is 0 Å². The van der Waals surface area contributed by atoms with Gasteiger partial charge in [-0.15, -0.1) is 0 Å². The summed E-state index contributed by atoms with van der Waals surface area (Å²) in [7, 11) is 1.53. The molecule has 1 saturated heterocycles. The highest BCUT2D eigenvalue weighted by Crippen LogP contribution is 2.38. The summed E-state index contributed by atoms with van der Waals surface area (Å²) in [6, 6.07) is 11.1. The number of fused-ring (bicyclic) bond motifs is 1. The van der Waals surface area contributed by atoms with Crippen LogP contribution in [-0.2, 0) is 10.9 Å². The number of hydrazone groups is 1. The van der Waals surface area contributed by atoms with Crippen LogP contribution in [-0.4, -0.2) is 68.7 Å². The average molecular weight is 676 g/mol. The molecule has 5 rings (SSSR count). The van der Waals surface area contributed by atoms with Crippen LogP contribution in [0.15, 0.2) is 65.9 Å². The van der Waals surface area contributed by atoms with Crippen molar-refractivity contribution in [1.82, 2.24) is 15.3 Å². The van der Waals surface area contributed by atoms with Crippen LogP contribution in [0.4, 0.5) is 28.0 Å². The van der Waals surface area contributed by atoms with E-state index >= 15 is 4.39 Å². The van der Waals surface area contributed by atoms with E-state index in [0.717, 1.165) is 57.6 Å². The van der Waals surface area contributed by atoms with Crippen LogP contribution in [0.2, 0.25) is 5.02 Å². The van der Waals surface area contributed by atoms with Gasteiger partial charge >= 0.3 is 12.2 Å².